The van der Waals surface area contributed by atoms with E-state index in [1.807, 2.05) is 18.2 Å². The maximum atomic E-state index is 10.1. The first-order chi connectivity index (χ1) is 12.2. The lowest BCUT2D eigenvalue weighted by Gasteiger charge is -2.44. The molecule has 2 saturated heterocycles. The molecule has 2 fully saturated rings. The van der Waals surface area contributed by atoms with Crippen molar-refractivity contribution in [2.45, 2.75) is 25.9 Å². The van der Waals surface area contributed by atoms with Crippen LogP contribution >= 0.6 is 0 Å². The van der Waals surface area contributed by atoms with Crippen LogP contribution in [-0.2, 0) is 4.74 Å². The quantitative estimate of drug-likeness (QED) is 0.756. The molecule has 0 unspecified atom stereocenters. The Bertz CT molecular complexity index is 751. The molecule has 0 amide bonds. The van der Waals surface area contributed by atoms with Gasteiger partial charge >= 0.3 is 0 Å². The molecule has 4 N–H and O–H groups in total. The van der Waals surface area contributed by atoms with Crippen LogP contribution in [0.3, 0.4) is 0 Å². The summed E-state index contributed by atoms with van der Waals surface area (Å²) >= 11 is 0. The average molecular weight is 357 g/mol. The van der Waals surface area contributed by atoms with Gasteiger partial charge in [-0.05, 0) is 31.0 Å². The number of phenolic OH excluding ortho intramolecular Hbond substituents is 1. The van der Waals surface area contributed by atoms with Crippen molar-refractivity contribution in [2.24, 2.45) is 0 Å². The van der Waals surface area contributed by atoms with E-state index in [1.165, 1.54) is 0 Å². The van der Waals surface area contributed by atoms with E-state index in [0.29, 0.717) is 17.1 Å². The van der Waals surface area contributed by atoms with Gasteiger partial charge in [-0.25, -0.2) is 0 Å². The van der Waals surface area contributed by atoms with Crippen LogP contribution in [0.5, 0.6) is 5.75 Å². The molecule has 2 aromatic rings. The molecule has 7 nitrogen and oxygen atoms in total. The van der Waals surface area contributed by atoms with Gasteiger partial charge in [0.15, 0.2) is 5.82 Å². The van der Waals surface area contributed by atoms with Gasteiger partial charge < -0.3 is 25.8 Å². The largest absolute Gasteiger partial charge is 0.507 e. The molecule has 1 aromatic carbocycles. The Hall–Kier alpha value is -2.38. The zero-order valence-electron chi connectivity index (χ0n) is 14.1. The number of nitrogens with two attached hydrogens (primary N) is 1. The molecule has 2 aliphatic heterocycles. The smallest absolute Gasteiger partial charge is 0.169 e. The number of benzene rings is 1. The number of nitrogen functional groups attached to an aromatic ring is 1. The van der Waals surface area contributed by atoms with E-state index in [4.69, 9.17) is 10.5 Å². The Morgan fingerprint density at radius 1 is 1.19 bits per heavy atom. The second-order valence-corrected chi connectivity index (χ2v) is 6.71. The van der Waals surface area contributed by atoms with Crippen LogP contribution in [0, 0.1) is 0 Å². The van der Waals surface area contributed by atoms with Gasteiger partial charge in [-0.15, -0.1) is 10.2 Å². The minimum Gasteiger partial charge on any atom is -0.507 e. The monoisotopic (exact) mass is 357 g/mol. The average Bonchev–Trinajstić information content (AvgIpc) is 2.64. The first-order valence-corrected chi connectivity index (χ1v) is 8.68. The summed E-state index contributed by atoms with van der Waals surface area (Å²) in [7, 11) is 0. The third-order valence-electron chi connectivity index (χ3n) is 5.13. The SMILES string of the molecule is C.Nc1nnc(-c2ccccc2O)cc1N1CCC2(CC1)CNCCO2. The summed E-state index contributed by atoms with van der Waals surface area (Å²) in [5.41, 5.74) is 8.18. The number of piperidine rings is 1. The molecule has 1 spiro atoms. The fourth-order valence-corrected chi connectivity index (χ4v) is 3.65. The number of phenols is 1. The van der Waals surface area contributed by atoms with Crippen molar-refractivity contribution in [3.05, 3.63) is 30.3 Å². The topological polar surface area (TPSA) is 96.5 Å². The van der Waals surface area contributed by atoms with E-state index >= 15 is 0 Å². The van der Waals surface area contributed by atoms with E-state index < -0.39 is 0 Å². The van der Waals surface area contributed by atoms with Crippen molar-refractivity contribution in [1.82, 2.24) is 15.5 Å². The highest BCUT2D eigenvalue weighted by molar-refractivity contribution is 5.74. The van der Waals surface area contributed by atoms with Crippen LogP contribution < -0.4 is 16.0 Å². The number of nitrogens with zero attached hydrogens (tertiary/aromatic N) is 3. The predicted octanol–water partition coefficient (Wildman–Crippen LogP) is 2.03. The van der Waals surface area contributed by atoms with Gasteiger partial charge in [0.1, 0.15) is 5.75 Å². The van der Waals surface area contributed by atoms with Crippen molar-refractivity contribution in [1.29, 1.82) is 0 Å². The molecule has 0 bridgehead atoms. The molecule has 0 radical (unpaired) electrons. The molecule has 26 heavy (non-hydrogen) atoms. The van der Waals surface area contributed by atoms with E-state index in [9.17, 15) is 5.11 Å². The summed E-state index contributed by atoms with van der Waals surface area (Å²) in [6, 6.07) is 9.03. The molecule has 7 heteroatoms. The van der Waals surface area contributed by atoms with Gasteiger partial charge in [0.05, 0.1) is 23.6 Å². The van der Waals surface area contributed by atoms with E-state index in [-0.39, 0.29) is 18.8 Å². The number of morpholine rings is 1. The number of nitrogens with one attached hydrogen (secondary N) is 1. The van der Waals surface area contributed by atoms with E-state index in [2.05, 4.69) is 20.4 Å². The summed E-state index contributed by atoms with van der Waals surface area (Å²) in [6.07, 6.45) is 1.90. The lowest BCUT2D eigenvalue weighted by molar-refractivity contribution is -0.0799. The maximum absolute atomic E-state index is 10.1. The van der Waals surface area contributed by atoms with Crippen LogP contribution in [0.1, 0.15) is 20.3 Å². The second kappa shape index (κ2) is 7.47. The standard InChI is InChI=1S/C18H23N5O2.CH4/c19-17-15(11-14(21-22-17)13-3-1-2-4-16(13)24)23-8-5-18(6-9-23)12-20-7-10-25-18;/h1-4,11,20,24H,5-10,12H2,(H2,19,22);1H4. The third-order valence-corrected chi connectivity index (χ3v) is 5.13. The first-order valence-electron chi connectivity index (χ1n) is 8.68. The molecule has 0 saturated carbocycles. The summed E-state index contributed by atoms with van der Waals surface area (Å²) in [5.74, 6) is 0.601. The summed E-state index contributed by atoms with van der Waals surface area (Å²) in [4.78, 5) is 2.23. The highest BCUT2D eigenvalue weighted by atomic mass is 16.5. The van der Waals surface area contributed by atoms with Crippen molar-refractivity contribution in [2.75, 3.05) is 43.4 Å². The Kier molecular flexibility index (Phi) is 5.29. The minimum atomic E-state index is -0.0511. The molecule has 0 aliphatic carbocycles. The van der Waals surface area contributed by atoms with Gasteiger partial charge in [0, 0.05) is 31.7 Å². The Morgan fingerprint density at radius 2 is 1.96 bits per heavy atom. The Balaban J connectivity index is 0.00000196. The van der Waals surface area contributed by atoms with Crippen LogP contribution in [-0.4, -0.2) is 53.7 Å². The molecule has 1 aromatic heterocycles. The van der Waals surface area contributed by atoms with Crippen LogP contribution in [0.15, 0.2) is 30.3 Å². The lowest BCUT2D eigenvalue weighted by Crippen LogP contribution is -2.55. The minimum absolute atomic E-state index is 0. The Labute approximate surface area is 154 Å². The predicted molar refractivity (Wildman–Crippen MR) is 103 cm³/mol. The third kappa shape index (κ3) is 3.45. The van der Waals surface area contributed by atoms with E-state index in [0.717, 1.165) is 51.3 Å². The molecular formula is C19H27N5O2. The van der Waals surface area contributed by atoms with Gasteiger partial charge in [0.25, 0.3) is 0 Å². The highest BCUT2D eigenvalue weighted by Crippen LogP contribution is 2.35. The van der Waals surface area contributed by atoms with Crippen LogP contribution in [0.4, 0.5) is 11.5 Å². The van der Waals surface area contributed by atoms with Gasteiger partial charge in [-0.1, -0.05) is 19.6 Å². The molecule has 0 atom stereocenters. The number of ether oxygens (including phenoxy) is 1. The number of hydrogen-bond acceptors (Lipinski definition) is 7. The number of para-hydroxylation sites is 1. The lowest BCUT2D eigenvalue weighted by atomic mass is 9.90. The Morgan fingerprint density at radius 3 is 2.65 bits per heavy atom. The summed E-state index contributed by atoms with van der Waals surface area (Å²) in [5, 5.41) is 21.8. The van der Waals surface area contributed by atoms with Crippen LogP contribution in [0.2, 0.25) is 0 Å². The van der Waals surface area contributed by atoms with E-state index in [1.54, 1.807) is 12.1 Å². The molecular weight excluding hydrogens is 330 g/mol. The number of rotatable bonds is 2. The number of aromatic nitrogens is 2. The maximum Gasteiger partial charge on any atom is 0.169 e. The van der Waals surface area contributed by atoms with Crippen molar-refractivity contribution >= 4 is 11.5 Å². The van der Waals surface area contributed by atoms with Crippen molar-refractivity contribution in [3.63, 3.8) is 0 Å². The first kappa shape index (κ1) is 18.4. The summed E-state index contributed by atoms with van der Waals surface area (Å²) < 4.78 is 6.05. The number of aromatic hydroxyl groups is 1. The molecule has 140 valence electrons. The van der Waals surface area contributed by atoms with Crippen molar-refractivity contribution in [3.8, 4) is 17.0 Å². The zero-order valence-corrected chi connectivity index (χ0v) is 14.1. The van der Waals surface area contributed by atoms with Crippen molar-refractivity contribution < 1.29 is 9.84 Å². The number of anilines is 2. The fraction of sp³-hybridized carbons (Fsp3) is 0.474. The molecule has 4 rings (SSSR count). The molecule has 2 aliphatic rings. The zero-order chi connectivity index (χ0) is 17.3. The fourth-order valence-electron chi connectivity index (χ4n) is 3.65. The van der Waals surface area contributed by atoms with Gasteiger partial charge in [-0.2, -0.15) is 0 Å². The molecule has 3 heterocycles. The highest BCUT2D eigenvalue weighted by Gasteiger charge is 2.37. The van der Waals surface area contributed by atoms with Gasteiger partial charge in [-0.3, -0.25) is 0 Å². The second-order valence-electron chi connectivity index (χ2n) is 6.71. The van der Waals surface area contributed by atoms with Crippen LogP contribution in [0.25, 0.3) is 11.3 Å². The summed E-state index contributed by atoms with van der Waals surface area (Å²) in [6.45, 7) is 4.33. The normalized spacial score (nSPS) is 19.2. The number of hydrogen-bond donors (Lipinski definition) is 3. The van der Waals surface area contributed by atoms with Gasteiger partial charge in [0.2, 0.25) is 0 Å².